The SMILES string of the molecule is CCOc1cc(/C=C/C(=O)OCC(=O)Nc2ccccc2)ccc1OC(F)F. The average Bonchev–Trinajstić information content (AvgIpc) is 2.67. The number of hydrogen-bond donors (Lipinski definition) is 1. The van der Waals surface area contributed by atoms with Crippen LogP contribution in [0.2, 0.25) is 0 Å². The fraction of sp³-hybridized carbons (Fsp3) is 0.200. The number of carbonyl (C=O) groups is 2. The van der Waals surface area contributed by atoms with E-state index in [1.165, 1.54) is 24.3 Å². The lowest BCUT2D eigenvalue weighted by molar-refractivity contribution is -0.142. The molecule has 28 heavy (non-hydrogen) atoms. The zero-order chi connectivity index (χ0) is 20.4. The van der Waals surface area contributed by atoms with Crippen LogP contribution >= 0.6 is 0 Å². The quantitative estimate of drug-likeness (QED) is 0.519. The molecule has 0 saturated heterocycles. The van der Waals surface area contributed by atoms with Crippen LogP contribution in [0.4, 0.5) is 14.5 Å². The van der Waals surface area contributed by atoms with Gasteiger partial charge in [0.15, 0.2) is 18.1 Å². The van der Waals surface area contributed by atoms with E-state index >= 15 is 0 Å². The van der Waals surface area contributed by atoms with Crippen molar-refractivity contribution in [3.05, 3.63) is 60.2 Å². The number of amides is 1. The second kappa shape index (κ2) is 10.7. The maximum absolute atomic E-state index is 12.4. The van der Waals surface area contributed by atoms with E-state index in [-0.39, 0.29) is 18.1 Å². The fourth-order valence-corrected chi connectivity index (χ4v) is 2.16. The van der Waals surface area contributed by atoms with Crippen molar-refractivity contribution in [2.24, 2.45) is 0 Å². The molecule has 6 nitrogen and oxygen atoms in total. The van der Waals surface area contributed by atoms with Gasteiger partial charge in [0.05, 0.1) is 6.61 Å². The molecule has 0 unspecified atom stereocenters. The highest BCUT2D eigenvalue weighted by molar-refractivity contribution is 5.94. The Morgan fingerprint density at radius 3 is 2.54 bits per heavy atom. The van der Waals surface area contributed by atoms with Gasteiger partial charge in [0, 0.05) is 11.8 Å². The average molecular weight is 391 g/mol. The van der Waals surface area contributed by atoms with Gasteiger partial charge < -0.3 is 19.5 Å². The number of para-hydroxylation sites is 1. The molecule has 0 aliphatic rings. The van der Waals surface area contributed by atoms with E-state index in [0.29, 0.717) is 11.3 Å². The number of esters is 1. The smallest absolute Gasteiger partial charge is 0.387 e. The first kappa shape index (κ1) is 20.9. The molecule has 2 aromatic carbocycles. The number of anilines is 1. The van der Waals surface area contributed by atoms with Crippen molar-refractivity contribution in [1.29, 1.82) is 0 Å². The number of carbonyl (C=O) groups excluding carboxylic acids is 2. The third kappa shape index (κ3) is 7.06. The van der Waals surface area contributed by atoms with Crippen molar-refractivity contribution < 1.29 is 32.6 Å². The monoisotopic (exact) mass is 391 g/mol. The number of ether oxygens (including phenoxy) is 3. The molecule has 0 atom stereocenters. The van der Waals surface area contributed by atoms with E-state index in [2.05, 4.69) is 10.1 Å². The molecule has 0 aliphatic carbocycles. The van der Waals surface area contributed by atoms with Crippen LogP contribution in [0.25, 0.3) is 6.08 Å². The molecule has 0 bridgehead atoms. The minimum Gasteiger partial charge on any atom is -0.490 e. The fourth-order valence-electron chi connectivity index (χ4n) is 2.16. The Morgan fingerprint density at radius 2 is 1.86 bits per heavy atom. The van der Waals surface area contributed by atoms with Gasteiger partial charge in [-0.25, -0.2) is 4.79 Å². The summed E-state index contributed by atoms with van der Waals surface area (Å²) in [4.78, 5) is 23.5. The summed E-state index contributed by atoms with van der Waals surface area (Å²) in [5.41, 5.74) is 1.10. The lowest BCUT2D eigenvalue weighted by atomic mass is 10.2. The molecule has 0 heterocycles. The van der Waals surface area contributed by atoms with E-state index in [1.807, 2.05) is 6.07 Å². The highest BCUT2D eigenvalue weighted by Gasteiger charge is 2.11. The number of hydrogen-bond acceptors (Lipinski definition) is 5. The highest BCUT2D eigenvalue weighted by atomic mass is 19.3. The van der Waals surface area contributed by atoms with Crippen molar-refractivity contribution in [2.45, 2.75) is 13.5 Å². The van der Waals surface area contributed by atoms with Gasteiger partial charge in [0.1, 0.15) is 0 Å². The van der Waals surface area contributed by atoms with Gasteiger partial charge in [-0.05, 0) is 42.8 Å². The minimum atomic E-state index is -2.97. The molecule has 1 N–H and O–H groups in total. The third-order valence-corrected chi connectivity index (χ3v) is 3.30. The molecule has 2 rings (SSSR count). The Kier molecular flexibility index (Phi) is 7.95. The zero-order valence-corrected chi connectivity index (χ0v) is 15.1. The number of alkyl halides is 2. The normalized spacial score (nSPS) is 10.7. The van der Waals surface area contributed by atoms with Crippen LogP contribution in [-0.4, -0.2) is 31.7 Å². The number of halogens is 2. The lowest BCUT2D eigenvalue weighted by Crippen LogP contribution is -2.20. The molecule has 0 spiro atoms. The predicted molar refractivity (Wildman–Crippen MR) is 99.3 cm³/mol. The maximum Gasteiger partial charge on any atom is 0.387 e. The van der Waals surface area contributed by atoms with Gasteiger partial charge in [0.25, 0.3) is 5.91 Å². The summed E-state index contributed by atoms with van der Waals surface area (Å²) in [6.07, 6.45) is 2.53. The van der Waals surface area contributed by atoms with Crippen molar-refractivity contribution in [3.63, 3.8) is 0 Å². The lowest BCUT2D eigenvalue weighted by Gasteiger charge is -2.11. The maximum atomic E-state index is 12.4. The molecule has 0 saturated carbocycles. The van der Waals surface area contributed by atoms with E-state index in [0.717, 1.165) is 6.08 Å². The molecular weight excluding hydrogens is 372 g/mol. The molecule has 0 fully saturated rings. The van der Waals surface area contributed by atoms with Crippen LogP contribution in [0.15, 0.2) is 54.6 Å². The van der Waals surface area contributed by atoms with E-state index in [4.69, 9.17) is 9.47 Å². The Labute approximate surface area is 160 Å². The summed E-state index contributed by atoms with van der Waals surface area (Å²) in [6, 6.07) is 13.0. The van der Waals surface area contributed by atoms with Gasteiger partial charge in [0.2, 0.25) is 0 Å². The molecule has 8 heteroatoms. The summed E-state index contributed by atoms with van der Waals surface area (Å²) in [6.45, 7) is -1.46. The highest BCUT2D eigenvalue weighted by Crippen LogP contribution is 2.30. The number of nitrogens with one attached hydrogen (secondary N) is 1. The summed E-state index contributed by atoms with van der Waals surface area (Å²) in [5, 5.41) is 2.58. The van der Waals surface area contributed by atoms with Crippen LogP contribution in [0.3, 0.4) is 0 Å². The first-order valence-corrected chi connectivity index (χ1v) is 8.39. The van der Waals surface area contributed by atoms with Crippen LogP contribution in [-0.2, 0) is 14.3 Å². The molecule has 0 aromatic heterocycles. The minimum absolute atomic E-state index is 0.103. The van der Waals surface area contributed by atoms with Crippen LogP contribution in [0.5, 0.6) is 11.5 Å². The van der Waals surface area contributed by atoms with Gasteiger partial charge in [-0.3, -0.25) is 4.79 Å². The molecule has 148 valence electrons. The van der Waals surface area contributed by atoms with Crippen molar-refractivity contribution in [1.82, 2.24) is 0 Å². The van der Waals surface area contributed by atoms with E-state index in [9.17, 15) is 18.4 Å². The van der Waals surface area contributed by atoms with Gasteiger partial charge in [-0.15, -0.1) is 0 Å². The van der Waals surface area contributed by atoms with Crippen LogP contribution in [0, 0.1) is 0 Å². The Balaban J connectivity index is 1.90. The van der Waals surface area contributed by atoms with Crippen LogP contribution < -0.4 is 14.8 Å². The van der Waals surface area contributed by atoms with E-state index < -0.39 is 25.1 Å². The summed E-state index contributed by atoms with van der Waals surface area (Å²) >= 11 is 0. The zero-order valence-electron chi connectivity index (χ0n) is 15.1. The van der Waals surface area contributed by atoms with E-state index in [1.54, 1.807) is 31.2 Å². The van der Waals surface area contributed by atoms with Crippen molar-refractivity contribution in [3.8, 4) is 11.5 Å². The van der Waals surface area contributed by atoms with Gasteiger partial charge in [-0.1, -0.05) is 24.3 Å². The molecule has 1 amide bonds. The van der Waals surface area contributed by atoms with Gasteiger partial charge in [-0.2, -0.15) is 8.78 Å². The molecule has 2 aromatic rings. The Morgan fingerprint density at radius 1 is 1.11 bits per heavy atom. The first-order chi connectivity index (χ1) is 13.5. The number of benzene rings is 2. The molecule has 0 aliphatic heterocycles. The van der Waals surface area contributed by atoms with Crippen LogP contribution in [0.1, 0.15) is 12.5 Å². The largest absolute Gasteiger partial charge is 0.490 e. The molecule has 0 radical (unpaired) electrons. The Bertz CT molecular complexity index is 825. The summed E-state index contributed by atoms with van der Waals surface area (Å²) in [7, 11) is 0. The second-order valence-corrected chi connectivity index (χ2v) is 5.37. The predicted octanol–water partition coefficient (Wildman–Crippen LogP) is 3.88. The standard InChI is InChI=1S/C20H19F2NO5/c1-2-26-17-12-14(8-10-16(17)28-20(21)22)9-11-19(25)27-13-18(24)23-15-6-4-3-5-7-15/h3-12,20H,2,13H2,1H3,(H,23,24)/b11-9+. The van der Waals surface area contributed by atoms with Crippen molar-refractivity contribution >= 4 is 23.6 Å². The van der Waals surface area contributed by atoms with Crippen molar-refractivity contribution in [2.75, 3.05) is 18.5 Å². The second-order valence-electron chi connectivity index (χ2n) is 5.37. The topological polar surface area (TPSA) is 73.9 Å². The first-order valence-electron chi connectivity index (χ1n) is 8.39. The summed E-state index contributed by atoms with van der Waals surface area (Å²) < 4.78 is 39.3. The Hall–Kier alpha value is -3.42. The summed E-state index contributed by atoms with van der Waals surface area (Å²) in [5.74, 6) is -1.18. The number of rotatable bonds is 9. The molecular formula is C20H19F2NO5. The third-order valence-electron chi connectivity index (χ3n) is 3.30. The van der Waals surface area contributed by atoms with Gasteiger partial charge >= 0.3 is 12.6 Å².